The number of nitrogens with zero attached hydrogens (tertiary/aromatic N) is 2. The third kappa shape index (κ3) is 4.35. The number of sulfonamides is 1. The van der Waals surface area contributed by atoms with E-state index in [1.54, 1.807) is 24.3 Å². The van der Waals surface area contributed by atoms with E-state index in [4.69, 9.17) is 17.3 Å². The topological polar surface area (TPSA) is 107 Å². The summed E-state index contributed by atoms with van der Waals surface area (Å²) in [5, 5.41) is 11.2. The van der Waals surface area contributed by atoms with Crippen LogP contribution < -0.4 is 5.73 Å². The Hall–Kier alpha value is -2.00. The number of benzene rings is 2. The molecule has 0 aliphatic carbocycles. The first-order valence-corrected chi connectivity index (χ1v) is 9.28. The van der Waals surface area contributed by atoms with E-state index in [9.17, 15) is 18.5 Å². The van der Waals surface area contributed by atoms with Crippen LogP contribution in [0.15, 0.2) is 47.4 Å². The van der Waals surface area contributed by atoms with Gasteiger partial charge in [0.1, 0.15) is 0 Å². The molecule has 2 N–H and O–H groups in total. The van der Waals surface area contributed by atoms with Crippen molar-refractivity contribution in [2.45, 2.75) is 18.4 Å². The molecule has 2 rings (SSSR count). The van der Waals surface area contributed by atoms with Crippen LogP contribution >= 0.6 is 11.6 Å². The van der Waals surface area contributed by atoms with Crippen molar-refractivity contribution in [1.29, 1.82) is 0 Å². The number of halogens is 1. The fraction of sp³-hybridized carbons (Fsp3) is 0.250. The lowest BCUT2D eigenvalue weighted by Gasteiger charge is -2.22. The Labute approximate surface area is 151 Å². The smallest absolute Gasteiger partial charge is 0.275 e. The van der Waals surface area contributed by atoms with Crippen LogP contribution in [-0.2, 0) is 16.6 Å². The van der Waals surface area contributed by atoms with Crippen molar-refractivity contribution in [1.82, 2.24) is 4.31 Å². The molecule has 134 valence electrons. The molecule has 0 aliphatic heterocycles. The predicted octanol–water partition coefficient (Wildman–Crippen LogP) is 2.71. The Morgan fingerprint density at radius 2 is 1.88 bits per heavy atom. The molecule has 0 heterocycles. The third-order valence-electron chi connectivity index (χ3n) is 3.71. The number of hydrogen-bond acceptors (Lipinski definition) is 5. The molecular formula is C16H18ClN3O4S. The number of hydrogen-bond donors (Lipinski definition) is 1. The molecule has 2 aromatic rings. The molecule has 0 saturated heterocycles. The van der Waals surface area contributed by atoms with Crippen molar-refractivity contribution in [2.24, 2.45) is 5.73 Å². The molecule has 0 amide bonds. The van der Waals surface area contributed by atoms with Crippen molar-refractivity contribution >= 4 is 27.3 Å². The highest BCUT2D eigenvalue weighted by Crippen LogP contribution is 2.31. The Morgan fingerprint density at radius 1 is 1.24 bits per heavy atom. The first-order chi connectivity index (χ1) is 11.8. The molecule has 2 aromatic carbocycles. The summed E-state index contributed by atoms with van der Waals surface area (Å²) in [7, 11) is -3.99. The van der Waals surface area contributed by atoms with Gasteiger partial charge in [-0.15, -0.1) is 0 Å². The molecule has 9 heteroatoms. The van der Waals surface area contributed by atoms with Crippen molar-refractivity contribution in [3.8, 4) is 0 Å². The van der Waals surface area contributed by atoms with E-state index in [0.717, 1.165) is 11.6 Å². The van der Waals surface area contributed by atoms with Gasteiger partial charge >= 0.3 is 0 Å². The summed E-state index contributed by atoms with van der Waals surface area (Å²) in [5.41, 5.74) is 6.22. The lowest BCUT2D eigenvalue weighted by atomic mass is 10.2. The van der Waals surface area contributed by atoms with Gasteiger partial charge in [-0.2, -0.15) is 4.31 Å². The van der Waals surface area contributed by atoms with E-state index >= 15 is 0 Å². The third-order valence-corrected chi connectivity index (χ3v) is 5.92. The van der Waals surface area contributed by atoms with Crippen LogP contribution in [0.2, 0.25) is 5.02 Å². The van der Waals surface area contributed by atoms with Crippen molar-refractivity contribution in [2.75, 3.05) is 13.1 Å². The van der Waals surface area contributed by atoms with E-state index in [0.29, 0.717) is 0 Å². The van der Waals surface area contributed by atoms with Crippen molar-refractivity contribution in [3.05, 3.63) is 68.7 Å². The first-order valence-electron chi connectivity index (χ1n) is 7.46. The average Bonchev–Trinajstić information content (AvgIpc) is 2.57. The summed E-state index contributed by atoms with van der Waals surface area (Å²) >= 11 is 6.00. The molecule has 7 nitrogen and oxygen atoms in total. The van der Waals surface area contributed by atoms with Crippen molar-refractivity contribution < 1.29 is 13.3 Å². The molecule has 0 radical (unpaired) electrons. The predicted molar refractivity (Wildman–Crippen MR) is 95.9 cm³/mol. The minimum Gasteiger partial charge on any atom is -0.329 e. The average molecular weight is 384 g/mol. The van der Waals surface area contributed by atoms with Gasteiger partial charge in [0, 0.05) is 31.3 Å². The number of nitro benzene ring substituents is 1. The van der Waals surface area contributed by atoms with Gasteiger partial charge in [-0.25, -0.2) is 8.42 Å². The van der Waals surface area contributed by atoms with E-state index in [1.165, 1.54) is 17.3 Å². The Kier molecular flexibility index (Phi) is 6.12. The maximum Gasteiger partial charge on any atom is 0.275 e. The molecule has 0 bridgehead atoms. The molecule has 0 saturated carbocycles. The lowest BCUT2D eigenvalue weighted by molar-refractivity contribution is -0.385. The summed E-state index contributed by atoms with van der Waals surface area (Å²) in [4.78, 5) is 10.3. The van der Waals surface area contributed by atoms with Gasteiger partial charge in [-0.3, -0.25) is 10.1 Å². The number of nitrogens with two attached hydrogens (primary N) is 1. The summed E-state index contributed by atoms with van der Waals surface area (Å²) in [6.45, 7) is 1.78. The van der Waals surface area contributed by atoms with Crippen LogP contribution in [0.1, 0.15) is 11.1 Å². The SMILES string of the molecule is Cc1c(Cl)cc(S(=O)(=O)N(CCN)Cc2ccccc2)cc1[N+](=O)[O-]. The highest BCUT2D eigenvalue weighted by molar-refractivity contribution is 7.89. The molecule has 0 spiro atoms. The van der Waals surface area contributed by atoms with Gasteiger partial charge in [0.25, 0.3) is 5.69 Å². The van der Waals surface area contributed by atoms with Crippen LogP contribution in [0.3, 0.4) is 0 Å². The van der Waals surface area contributed by atoms with E-state index < -0.39 is 14.9 Å². The summed E-state index contributed by atoms with van der Waals surface area (Å²) in [5.74, 6) is 0. The summed E-state index contributed by atoms with van der Waals surface area (Å²) < 4.78 is 27.1. The minimum absolute atomic E-state index is 0.0279. The number of rotatable bonds is 7. The zero-order valence-corrected chi connectivity index (χ0v) is 15.1. The fourth-order valence-electron chi connectivity index (χ4n) is 2.34. The summed E-state index contributed by atoms with van der Waals surface area (Å²) in [6.07, 6.45) is 0. The maximum absolute atomic E-state index is 13.0. The zero-order chi connectivity index (χ0) is 18.6. The van der Waals surface area contributed by atoms with Gasteiger partial charge in [0.2, 0.25) is 10.0 Å². The maximum atomic E-state index is 13.0. The second kappa shape index (κ2) is 7.92. The van der Waals surface area contributed by atoms with Crippen molar-refractivity contribution in [3.63, 3.8) is 0 Å². The first kappa shape index (κ1) is 19.3. The fourth-order valence-corrected chi connectivity index (χ4v) is 4.11. The molecule has 0 atom stereocenters. The Balaban J connectivity index is 2.48. The van der Waals surface area contributed by atoms with Gasteiger partial charge in [0.15, 0.2) is 0 Å². The largest absolute Gasteiger partial charge is 0.329 e. The molecule has 0 fully saturated rings. The molecule has 0 aromatic heterocycles. The Bertz CT molecular complexity index is 872. The van der Waals surface area contributed by atoms with Crippen LogP contribution in [0.5, 0.6) is 0 Å². The minimum atomic E-state index is -3.99. The van der Waals surface area contributed by atoms with Crippen LogP contribution in [-0.4, -0.2) is 30.7 Å². The highest BCUT2D eigenvalue weighted by atomic mass is 35.5. The van der Waals surface area contributed by atoms with Crippen LogP contribution in [0.4, 0.5) is 5.69 Å². The molecule has 0 unspecified atom stereocenters. The standard InChI is InChI=1S/C16H18ClN3O4S/c1-12-15(17)9-14(10-16(12)20(21)22)25(23,24)19(8-7-18)11-13-5-3-2-4-6-13/h2-6,9-10H,7-8,11,18H2,1H3. The van der Waals surface area contributed by atoms with Gasteiger partial charge < -0.3 is 5.73 Å². The highest BCUT2D eigenvalue weighted by Gasteiger charge is 2.28. The Morgan fingerprint density at radius 3 is 2.44 bits per heavy atom. The molecule has 25 heavy (non-hydrogen) atoms. The van der Waals surface area contributed by atoms with E-state index in [1.807, 2.05) is 6.07 Å². The van der Waals surface area contributed by atoms with Gasteiger partial charge in [-0.1, -0.05) is 41.9 Å². The monoisotopic (exact) mass is 383 g/mol. The zero-order valence-electron chi connectivity index (χ0n) is 13.6. The second-order valence-corrected chi connectivity index (χ2v) is 7.76. The van der Waals surface area contributed by atoms with Gasteiger partial charge in [-0.05, 0) is 18.6 Å². The van der Waals surface area contributed by atoms with E-state index in [-0.39, 0.29) is 40.8 Å². The summed E-state index contributed by atoms with van der Waals surface area (Å²) in [6, 6.07) is 11.3. The van der Waals surface area contributed by atoms with Gasteiger partial charge in [0.05, 0.1) is 14.8 Å². The quantitative estimate of drug-likeness (QED) is 0.584. The number of nitro groups is 1. The van der Waals surface area contributed by atoms with E-state index in [2.05, 4.69) is 0 Å². The molecular weight excluding hydrogens is 366 g/mol. The van der Waals surface area contributed by atoms with Crippen LogP contribution in [0.25, 0.3) is 0 Å². The lowest BCUT2D eigenvalue weighted by Crippen LogP contribution is -2.35. The second-order valence-electron chi connectivity index (χ2n) is 5.42. The normalized spacial score (nSPS) is 11.7. The molecule has 0 aliphatic rings. The van der Waals surface area contributed by atoms with Crippen LogP contribution in [0, 0.1) is 17.0 Å².